The summed E-state index contributed by atoms with van der Waals surface area (Å²) >= 11 is 3.45. The van der Waals surface area contributed by atoms with Gasteiger partial charge in [-0.05, 0) is 47.5 Å². The number of carbonyl (C=O) groups is 1. The summed E-state index contributed by atoms with van der Waals surface area (Å²) < 4.78 is 12.0. The van der Waals surface area contributed by atoms with Crippen LogP contribution in [0.4, 0.5) is 5.69 Å². The predicted molar refractivity (Wildman–Crippen MR) is 81.1 cm³/mol. The number of allylic oxidation sites excluding steroid dienone is 1. The Kier molecular flexibility index (Phi) is 2.91. The fourth-order valence-corrected chi connectivity index (χ4v) is 3.25. The molecule has 0 aromatic heterocycles. The number of aryl methyl sites for hydroxylation is 1. The molecule has 2 aliphatic heterocycles. The van der Waals surface area contributed by atoms with Crippen LogP contribution in [0.2, 0.25) is 0 Å². The van der Waals surface area contributed by atoms with Crippen LogP contribution in [0.3, 0.4) is 0 Å². The largest absolute Gasteiger partial charge is 0.456 e. The summed E-state index contributed by atoms with van der Waals surface area (Å²) in [6.07, 6.45) is 1.64. The van der Waals surface area contributed by atoms with Crippen molar-refractivity contribution in [1.82, 2.24) is 0 Å². The number of ether oxygens (including phenoxy) is 2. The molecule has 0 bridgehead atoms. The highest BCUT2D eigenvalue weighted by molar-refractivity contribution is 9.10. The van der Waals surface area contributed by atoms with Gasteiger partial charge in [0.1, 0.15) is 11.3 Å². The minimum absolute atomic E-state index is 0.0499. The Morgan fingerprint density at radius 1 is 1.38 bits per heavy atom. The number of nitrogens with two attached hydrogens (primary N) is 2. The van der Waals surface area contributed by atoms with Crippen molar-refractivity contribution in [2.45, 2.75) is 19.6 Å². The summed E-state index contributed by atoms with van der Waals surface area (Å²) in [5.74, 6) is 0.351. The number of anilines is 1. The maximum atomic E-state index is 11.8. The fraction of sp³-hybridized carbons (Fsp3) is 0.214. The standard InChI is InChI=1S/C14H14BrN3O3/c1-6-3-8(15)11-9(4-6)18-14(21-11)5-7(2)20-13(17)10(14)12(16)19/h3-5,18H,17H2,1-2H3,(H2,16,19)/t14-/m1/s1. The van der Waals surface area contributed by atoms with Crippen molar-refractivity contribution in [3.8, 4) is 5.75 Å². The maximum Gasteiger partial charge on any atom is 0.256 e. The van der Waals surface area contributed by atoms with Gasteiger partial charge in [-0.2, -0.15) is 0 Å². The van der Waals surface area contributed by atoms with Gasteiger partial charge in [0.2, 0.25) is 11.6 Å². The van der Waals surface area contributed by atoms with Gasteiger partial charge in [-0.25, -0.2) is 0 Å². The molecule has 0 aliphatic carbocycles. The van der Waals surface area contributed by atoms with Crippen LogP contribution >= 0.6 is 15.9 Å². The summed E-state index contributed by atoms with van der Waals surface area (Å²) in [6.45, 7) is 3.68. The number of carbonyl (C=O) groups excluding carboxylic acids is 1. The number of rotatable bonds is 1. The van der Waals surface area contributed by atoms with Crippen LogP contribution in [-0.2, 0) is 9.53 Å². The molecule has 1 spiro atoms. The van der Waals surface area contributed by atoms with E-state index in [2.05, 4.69) is 21.2 Å². The molecule has 3 rings (SSSR count). The summed E-state index contributed by atoms with van der Waals surface area (Å²) in [5.41, 5.74) is 11.9. The minimum atomic E-state index is -1.24. The molecule has 0 saturated carbocycles. The molecule has 1 amide bonds. The highest BCUT2D eigenvalue weighted by atomic mass is 79.9. The van der Waals surface area contributed by atoms with Crippen molar-refractivity contribution >= 4 is 27.5 Å². The first kappa shape index (κ1) is 13.8. The molecule has 2 heterocycles. The molecule has 1 aromatic carbocycles. The van der Waals surface area contributed by atoms with Gasteiger partial charge in [0, 0.05) is 6.08 Å². The van der Waals surface area contributed by atoms with E-state index < -0.39 is 11.6 Å². The molecular weight excluding hydrogens is 338 g/mol. The molecule has 21 heavy (non-hydrogen) atoms. The van der Waals surface area contributed by atoms with Gasteiger partial charge in [-0.15, -0.1) is 0 Å². The number of fused-ring (bicyclic) bond motifs is 1. The van der Waals surface area contributed by atoms with Crippen LogP contribution in [0.1, 0.15) is 12.5 Å². The minimum Gasteiger partial charge on any atom is -0.456 e. The molecule has 5 N–H and O–H groups in total. The van der Waals surface area contributed by atoms with E-state index in [1.54, 1.807) is 13.0 Å². The molecular formula is C14H14BrN3O3. The zero-order chi connectivity index (χ0) is 15.4. The van der Waals surface area contributed by atoms with E-state index in [1.165, 1.54) is 0 Å². The van der Waals surface area contributed by atoms with Gasteiger partial charge < -0.3 is 26.3 Å². The Balaban J connectivity index is 2.16. The van der Waals surface area contributed by atoms with Crippen LogP contribution in [0.25, 0.3) is 0 Å². The first-order chi connectivity index (χ1) is 9.82. The number of hydrogen-bond acceptors (Lipinski definition) is 5. The van der Waals surface area contributed by atoms with Crippen molar-refractivity contribution in [2.75, 3.05) is 5.32 Å². The summed E-state index contributed by atoms with van der Waals surface area (Å²) in [4.78, 5) is 11.8. The van der Waals surface area contributed by atoms with E-state index in [9.17, 15) is 4.79 Å². The molecule has 0 saturated heterocycles. The lowest BCUT2D eigenvalue weighted by Gasteiger charge is -2.31. The molecule has 7 heteroatoms. The smallest absolute Gasteiger partial charge is 0.256 e. The van der Waals surface area contributed by atoms with E-state index in [4.69, 9.17) is 20.9 Å². The topological polar surface area (TPSA) is 99.6 Å². The zero-order valence-electron chi connectivity index (χ0n) is 11.5. The van der Waals surface area contributed by atoms with E-state index >= 15 is 0 Å². The van der Waals surface area contributed by atoms with Crippen LogP contribution in [-0.4, -0.2) is 11.6 Å². The Hall–Kier alpha value is -2.15. The van der Waals surface area contributed by atoms with Crippen molar-refractivity contribution in [3.63, 3.8) is 0 Å². The van der Waals surface area contributed by atoms with E-state index in [-0.39, 0.29) is 11.5 Å². The Morgan fingerprint density at radius 3 is 2.76 bits per heavy atom. The number of primary amides is 1. The van der Waals surface area contributed by atoms with Crippen LogP contribution < -0.4 is 21.5 Å². The Labute approximate surface area is 129 Å². The second kappa shape index (κ2) is 4.42. The lowest BCUT2D eigenvalue weighted by molar-refractivity contribution is -0.116. The van der Waals surface area contributed by atoms with Gasteiger partial charge in [-0.3, -0.25) is 4.79 Å². The monoisotopic (exact) mass is 351 g/mol. The van der Waals surface area contributed by atoms with E-state index in [0.717, 1.165) is 15.7 Å². The normalized spacial score (nSPS) is 23.1. The van der Waals surface area contributed by atoms with Crippen LogP contribution in [0.15, 0.2) is 39.9 Å². The number of amides is 1. The van der Waals surface area contributed by atoms with E-state index in [0.29, 0.717) is 11.5 Å². The van der Waals surface area contributed by atoms with Crippen molar-refractivity contribution in [3.05, 3.63) is 45.5 Å². The second-order valence-electron chi connectivity index (χ2n) is 5.05. The number of benzene rings is 1. The third-order valence-electron chi connectivity index (χ3n) is 3.31. The van der Waals surface area contributed by atoms with Crippen molar-refractivity contribution in [1.29, 1.82) is 0 Å². The van der Waals surface area contributed by atoms with Gasteiger partial charge in [0.25, 0.3) is 5.91 Å². The fourth-order valence-electron chi connectivity index (χ4n) is 2.59. The lowest BCUT2D eigenvalue weighted by atomic mass is 9.99. The highest BCUT2D eigenvalue weighted by Crippen LogP contribution is 2.47. The van der Waals surface area contributed by atoms with Gasteiger partial charge >= 0.3 is 0 Å². The lowest BCUT2D eigenvalue weighted by Crippen LogP contribution is -2.48. The number of nitrogens with one attached hydrogen (secondary N) is 1. The first-order valence-corrected chi connectivity index (χ1v) is 7.06. The second-order valence-corrected chi connectivity index (χ2v) is 5.90. The zero-order valence-corrected chi connectivity index (χ0v) is 13.1. The summed E-state index contributed by atoms with van der Waals surface area (Å²) in [6, 6.07) is 3.84. The third kappa shape index (κ3) is 2.04. The molecule has 1 atom stereocenters. The van der Waals surface area contributed by atoms with Crippen molar-refractivity contribution in [2.24, 2.45) is 11.5 Å². The molecule has 2 aliphatic rings. The Bertz CT molecular complexity index is 726. The van der Waals surface area contributed by atoms with Gasteiger partial charge in [-0.1, -0.05) is 0 Å². The highest BCUT2D eigenvalue weighted by Gasteiger charge is 2.48. The molecule has 0 fully saturated rings. The number of halogens is 1. The molecule has 110 valence electrons. The maximum absolute atomic E-state index is 11.8. The summed E-state index contributed by atoms with van der Waals surface area (Å²) in [5, 5.41) is 3.18. The van der Waals surface area contributed by atoms with Crippen LogP contribution in [0, 0.1) is 6.92 Å². The quantitative estimate of drug-likeness (QED) is 0.716. The predicted octanol–water partition coefficient (Wildman–Crippen LogP) is 1.85. The molecule has 0 radical (unpaired) electrons. The van der Waals surface area contributed by atoms with Gasteiger partial charge in [0.15, 0.2) is 5.75 Å². The van der Waals surface area contributed by atoms with E-state index in [1.807, 2.05) is 19.1 Å². The first-order valence-electron chi connectivity index (χ1n) is 6.27. The third-order valence-corrected chi connectivity index (χ3v) is 3.90. The summed E-state index contributed by atoms with van der Waals surface area (Å²) in [7, 11) is 0. The molecule has 1 aromatic rings. The number of hydrogen-bond donors (Lipinski definition) is 3. The van der Waals surface area contributed by atoms with Crippen molar-refractivity contribution < 1.29 is 14.3 Å². The SMILES string of the molecule is CC1=C[C@]2(Nc3cc(C)cc(Br)c3O2)C(C(N)=O)=C(N)O1. The Morgan fingerprint density at radius 2 is 2.10 bits per heavy atom. The van der Waals surface area contributed by atoms with Gasteiger partial charge in [0.05, 0.1) is 10.2 Å². The molecule has 6 nitrogen and oxygen atoms in total. The molecule has 0 unspecified atom stereocenters. The average Bonchev–Trinajstić information content (AvgIpc) is 2.65. The van der Waals surface area contributed by atoms with Crippen LogP contribution in [0.5, 0.6) is 5.75 Å². The average molecular weight is 352 g/mol.